The first-order valence-electron chi connectivity index (χ1n) is 5.30. The van der Waals surface area contributed by atoms with Crippen molar-refractivity contribution in [1.29, 1.82) is 0 Å². The summed E-state index contributed by atoms with van der Waals surface area (Å²) < 4.78 is 10.6. The Morgan fingerprint density at radius 1 is 1.36 bits per heavy atom. The van der Waals surface area contributed by atoms with Crippen LogP contribution in [0.25, 0.3) is 0 Å². The van der Waals surface area contributed by atoms with Gasteiger partial charge in [-0.05, 0) is 25.7 Å². The Balaban J connectivity index is 2.71. The third kappa shape index (κ3) is 2.37. The molecule has 1 atom stereocenters. The maximum absolute atomic E-state index is 5.32. The van der Waals surface area contributed by atoms with E-state index in [1.54, 1.807) is 19.8 Å². The van der Waals surface area contributed by atoms with E-state index in [2.05, 4.69) is 19.9 Å². The molecule has 0 bridgehead atoms. The summed E-state index contributed by atoms with van der Waals surface area (Å²) in [5, 5.41) is 0. The largest absolute Gasteiger partial charge is 0.384 e. The fourth-order valence-corrected chi connectivity index (χ4v) is 2.72. The smallest absolute Gasteiger partial charge is 0.0544 e. The van der Waals surface area contributed by atoms with E-state index in [0.29, 0.717) is 5.92 Å². The van der Waals surface area contributed by atoms with Crippen LogP contribution >= 0.6 is 0 Å². The van der Waals surface area contributed by atoms with Gasteiger partial charge in [0.15, 0.2) is 0 Å². The minimum atomic E-state index is 0.227. The molecule has 82 valence electrons. The molecule has 1 fully saturated rings. The van der Waals surface area contributed by atoms with Gasteiger partial charge in [0.2, 0.25) is 0 Å². The summed E-state index contributed by atoms with van der Waals surface area (Å²) in [4.78, 5) is 0. The molecule has 1 aliphatic rings. The highest BCUT2D eigenvalue weighted by Crippen LogP contribution is 2.45. The van der Waals surface area contributed by atoms with Gasteiger partial charge in [0.25, 0.3) is 0 Å². The topological polar surface area (TPSA) is 18.5 Å². The number of allylic oxidation sites excluding steroid dienone is 2. The van der Waals surface area contributed by atoms with Crippen LogP contribution in [0.5, 0.6) is 0 Å². The van der Waals surface area contributed by atoms with Crippen LogP contribution in [0.3, 0.4) is 0 Å². The van der Waals surface area contributed by atoms with Crippen molar-refractivity contribution in [3.05, 3.63) is 11.6 Å². The molecule has 1 unspecified atom stereocenters. The maximum atomic E-state index is 5.32. The van der Waals surface area contributed by atoms with Crippen LogP contribution in [-0.2, 0) is 9.47 Å². The van der Waals surface area contributed by atoms with E-state index < -0.39 is 0 Å². The summed E-state index contributed by atoms with van der Waals surface area (Å²) >= 11 is 0. The van der Waals surface area contributed by atoms with E-state index in [9.17, 15) is 0 Å². The lowest BCUT2D eigenvalue weighted by Gasteiger charge is -2.27. The van der Waals surface area contributed by atoms with Gasteiger partial charge in [-0.1, -0.05) is 18.6 Å². The number of hydrogen-bond donors (Lipinski definition) is 0. The quantitative estimate of drug-likeness (QED) is 0.646. The lowest BCUT2D eigenvalue weighted by atomic mass is 9.87. The van der Waals surface area contributed by atoms with Gasteiger partial charge < -0.3 is 9.47 Å². The Kier molecular flexibility index (Phi) is 4.14. The monoisotopic (exact) mass is 198 g/mol. The summed E-state index contributed by atoms with van der Waals surface area (Å²) in [6.45, 7) is 6.04. The molecule has 0 N–H and O–H groups in total. The average molecular weight is 198 g/mol. The molecule has 14 heavy (non-hydrogen) atoms. The number of rotatable bonds is 4. The summed E-state index contributed by atoms with van der Waals surface area (Å²) in [5.41, 5.74) is 1.78. The third-order valence-corrected chi connectivity index (χ3v) is 3.22. The van der Waals surface area contributed by atoms with Crippen LogP contribution in [0, 0.1) is 11.3 Å². The van der Waals surface area contributed by atoms with E-state index in [0.717, 1.165) is 19.6 Å². The molecule has 0 aromatic rings. The summed E-state index contributed by atoms with van der Waals surface area (Å²) in [6.07, 6.45) is 4.57. The highest BCUT2D eigenvalue weighted by Gasteiger charge is 2.40. The minimum absolute atomic E-state index is 0.227. The number of ether oxygens (including phenoxy) is 2. The highest BCUT2D eigenvalue weighted by atomic mass is 16.5. The Hall–Kier alpha value is -0.340. The van der Waals surface area contributed by atoms with Gasteiger partial charge in [-0.15, -0.1) is 0 Å². The molecule has 2 nitrogen and oxygen atoms in total. The molecule has 0 aromatic carbocycles. The van der Waals surface area contributed by atoms with Gasteiger partial charge in [-0.2, -0.15) is 0 Å². The van der Waals surface area contributed by atoms with Crippen LogP contribution in [0.1, 0.15) is 26.7 Å². The second-order valence-corrected chi connectivity index (χ2v) is 4.51. The van der Waals surface area contributed by atoms with E-state index in [1.807, 2.05) is 0 Å². The van der Waals surface area contributed by atoms with Crippen molar-refractivity contribution in [2.45, 2.75) is 26.7 Å². The van der Waals surface area contributed by atoms with Crippen molar-refractivity contribution in [1.82, 2.24) is 0 Å². The van der Waals surface area contributed by atoms with E-state index >= 15 is 0 Å². The standard InChI is InChI=1S/C12H22O2/c1-5-11-7-12(8-13-3,9-14-4)6-10(11)2/h5,10H,6-9H2,1-4H3/b11-5+. The average Bonchev–Trinajstić information content (AvgIpc) is 2.44. The first kappa shape index (κ1) is 11.7. The Labute approximate surface area is 87.3 Å². The van der Waals surface area contributed by atoms with Gasteiger partial charge in [0, 0.05) is 19.6 Å². The van der Waals surface area contributed by atoms with Gasteiger partial charge in [0.1, 0.15) is 0 Å². The number of hydrogen-bond acceptors (Lipinski definition) is 2. The molecule has 0 aromatic heterocycles. The highest BCUT2D eigenvalue weighted by molar-refractivity contribution is 5.15. The predicted octanol–water partition coefficient (Wildman–Crippen LogP) is 2.64. The minimum Gasteiger partial charge on any atom is -0.384 e. The zero-order chi connectivity index (χ0) is 10.6. The predicted molar refractivity (Wildman–Crippen MR) is 58.3 cm³/mol. The van der Waals surface area contributed by atoms with Gasteiger partial charge in [0.05, 0.1) is 13.2 Å². The summed E-state index contributed by atoms with van der Waals surface area (Å²) in [6, 6.07) is 0. The van der Waals surface area contributed by atoms with Gasteiger partial charge >= 0.3 is 0 Å². The first-order chi connectivity index (χ1) is 6.67. The van der Waals surface area contributed by atoms with Crippen molar-refractivity contribution in [3.8, 4) is 0 Å². The summed E-state index contributed by atoms with van der Waals surface area (Å²) in [5.74, 6) is 0.685. The molecular formula is C12H22O2. The van der Waals surface area contributed by atoms with E-state index in [1.165, 1.54) is 6.42 Å². The zero-order valence-electron chi connectivity index (χ0n) is 9.80. The van der Waals surface area contributed by atoms with Gasteiger partial charge in [-0.3, -0.25) is 0 Å². The van der Waals surface area contributed by atoms with Crippen molar-refractivity contribution in [2.24, 2.45) is 11.3 Å². The van der Waals surface area contributed by atoms with Crippen molar-refractivity contribution >= 4 is 0 Å². The Morgan fingerprint density at radius 2 is 1.93 bits per heavy atom. The lowest BCUT2D eigenvalue weighted by Crippen LogP contribution is -2.28. The summed E-state index contributed by atoms with van der Waals surface area (Å²) in [7, 11) is 3.55. The SMILES string of the molecule is C/C=C1\CC(COC)(COC)CC1C. The lowest BCUT2D eigenvalue weighted by molar-refractivity contribution is 0.0136. The fraction of sp³-hybridized carbons (Fsp3) is 0.833. The maximum Gasteiger partial charge on any atom is 0.0544 e. The van der Waals surface area contributed by atoms with E-state index in [-0.39, 0.29) is 5.41 Å². The molecule has 1 aliphatic carbocycles. The fourth-order valence-electron chi connectivity index (χ4n) is 2.72. The molecule has 0 saturated heterocycles. The second kappa shape index (κ2) is 4.94. The van der Waals surface area contributed by atoms with Crippen LogP contribution < -0.4 is 0 Å². The van der Waals surface area contributed by atoms with Crippen molar-refractivity contribution < 1.29 is 9.47 Å². The molecular weight excluding hydrogens is 176 g/mol. The normalized spacial score (nSPS) is 28.6. The van der Waals surface area contributed by atoms with Crippen molar-refractivity contribution in [2.75, 3.05) is 27.4 Å². The molecule has 1 saturated carbocycles. The Morgan fingerprint density at radius 3 is 2.29 bits per heavy atom. The zero-order valence-corrected chi connectivity index (χ0v) is 9.80. The molecule has 0 aliphatic heterocycles. The number of methoxy groups -OCH3 is 2. The molecule has 0 radical (unpaired) electrons. The molecule has 0 amide bonds. The molecule has 1 rings (SSSR count). The Bertz CT molecular complexity index is 202. The van der Waals surface area contributed by atoms with Crippen LogP contribution in [0.2, 0.25) is 0 Å². The molecule has 0 heterocycles. The van der Waals surface area contributed by atoms with Gasteiger partial charge in [-0.25, -0.2) is 0 Å². The third-order valence-electron chi connectivity index (χ3n) is 3.22. The van der Waals surface area contributed by atoms with Crippen LogP contribution in [-0.4, -0.2) is 27.4 Å². The van der Waals surface area contributed by atoms with Crippen LogP contribution in [0.15, 0.2) is 11.6 Å². The first-order valence-corrected chi connectivity index (χ1v) is 5.30. The van der Waals surface area contributed by atoms with Crippen molar-refractivity contribution in [3.63, 3.8) is 0 Å². The molecule has 0 spiro atoms. The van der Waals surface area contributed by atoms with Crippen LogP contribution in [0.4, 0.5) is 0 Å². The molecule has 2 heteroatoms. The second-order valence-electron chi connectivity index (χ2n) is 4.51. The van der Waals surface area contributed by atoms with E-state index in [4.69, 9.17) is 9.47 Å².